The second kappa shape index (κ2) is 8.30. The van der Waals surface area contributed by atoms with E-state index >= 15 is 0 Å². The third-order valence-corrected chi connectivity index (χ3v) is 4.44. The molecule has 0 aliphatic carbocycles. The maximum absolute atomic E-state index is 12.2. The van der Waals surface area contributed by atoms with E-state index in [0.29, 0.717) is 0 Å². The number of hydrogen-bond donors (Lipinski definition) is 2. The van der Waals surface area contributed by atoms with Gasteiger partial charge in [0.25, 0.3) is 5.91 Å². The molecule has 2 aromatic rings. The molecule has 1 aromatic carbocycles. The zero-order valence-electron chi connectivity index (χ0n) is 14.1. The number of amides is 1. The summed E-state index contributed by atoms with van der Waals surface area (Å²) in [6.45, 7) is 1.52. The Bertz CT molecular complexity index is 849. The predicted octanol–water partition coefficient (Wildman–Crippen LogP) is 2.35. The molecule has 0 aliphatic rings. The highest BCUT2D eigenvalue weighted by Crippen LogP contribution is 2.34. The van der Waals surface area contributed by atoms with Gasteiger partial charge in [0.1, 0.15) is 22.0 Å². The lowest BCUT2D eigenvalue weighted by molar-refractivity contribution is -0.385. The van der Waals surface area contributed by atoms with Crippen LogP contribution in [0.2, 0.25) is 0 Å². The minimum atomic E-state index is -0.683. The first-order valence-electron chi connectivity index (χ1n) is 7.57. The van der Waals surface area contributed by atoms with Gasteiger partial charge in [-0.25, -0.2) is 4.79 Å². The highest BCUT2D eigenvalue weighted by Gasteiger charge is 2.27. The summed E-state index contributed by atoms with van der Waals surface area (Å²) in [5, 5.41) is 13.7. The second-order valence-corrected chi connectivity index (χ2v) is 6.01. The Labute approximate surface area is 152 Å². The van der Waals surface area contributed by atoms with E-state index in [0.717, 1.165) is 11.3 Å². The van der Waals surface area contributed by atoms with E-state index in [2.05, 4.69) is 5.32 Å². The van der Waals surface area contributed by atoms with Crippen LogP contribution in [0.4, 0.5) is 10.7 Å². The van der Waals surface area contributed by atoms with Crippen molar-refractivity contribution in [2.75, 3.05) is 19.4 Å². The van der Waals surface area contributed by atoms with E-state index in [-0.39, 0.29) is 45.7 Å². The first-order chi connectivity index (χ1) is 12.4. The van der Waals surface area contributed by atoms with Crippen molar-refractivity contribution in [3.8, 4) is 5.75 Å². The number of anilines is 1. The fourth-order valence-electron chi connectivity index (χ4n) is 2.23. The molecule has 3 N–H and O–H groups in total. The van der Waals surface area contributed by atoms with Crippen LogP contribution in [-0.4, -0.2) is 30.5 Å². The maximum Gasteiger partial charge on any atom is 0.341 e. The molecule has 10 heteroatoms. The highest BCUT2D eigenvalue weighted by atomic mass is 32.1. The minimum absolute atomic E-state index is 0.0138. The van der Waals surface area contributed by atoms with Crippen molar-refractivity contribution < 1.29 is 24.0 Å². The number of para-hydroxylation sites is 2. The Morgan fingerprint density at radius 3 is 2.65 bits per heavy atom. The summed E-state index contributed by atoms with van der Waals surface area (Å²) in [6, 6.07) is 5.81. The van der Waals surface area contributed by atoms with Crippen LogP contribution in [0.3, 0.4) is 0 Å². The molecule has 0 saturated carbocycles. The smallest absolute Gasteiger partial charge is 0.341 e. The number of nitrogens with zero attached hydrogens (tertiary/aromatic N) is 1. The third kappa shape index (κ3) is 3.91. The number of rotatable bonds is 7. The zero-order valence-corrected chi connectivity index (χ0v) is 14.9. The molecular weight excluding hydrogens is 362 g/mol. The van der Waals surface area contributed by atoms with E-state index in [1.165, 1.54) is 25.2 Å². The van der Waals surface area contributed by atoms with Crippen LogP contribution in [0.15, 0.2) is 24.3 Å². The molecule has 0 saturated heterocycles. The topological polar surface area (TPSA) is 134 Å². The summed E-state index contributed by atoms with van der Waals surface area (Å²) in [4.78, 5) is 35.0. The Hall–Kier alpha value is -3.14. The van der Waals surface area contributed by atoms with Crippen LogP contribution in [-0.2, 0) is 11.3 Å². The van der Waals surface area contributed by atoms with Crippen molar-refractivity contribution in [3.05, 3.63) is 50.4 Å². The minimum Gasteiger partial charge on any atom is -0.482 e. The van der Waals surface area contributed by atoms with Gasteiger partial charge in [0.05, 0.1) is 11.5 Å². The fourth-order valence-corrected chi connectivity index (χ4v) is 3.23. The van der Waals surface area contributed by atoms with Gasteiger partial charge in [0.2, 0.25) is 0 Å². The second-order valence-electron chi connectivity index (χ2n) is 4.96. The summed E-state index contributed by atoms with van der Waals surface area (Å²) in [6.07, 6.45) is 0. The quantitative estimate of drug-likeness (QED) is 0.428. The molecule has 0 radical (unpaired) electrons. The summed E-state index contributed by atoms with van der Waals surface area (Å²) in [7, 11) is 1.44. The van der Waals surface area contributed by atoms with E-state index < -0.39 is 16.8 Å². The van der Waals surface area contributed by atoms with Crippen molar-refractivity contribution >= 4 is 33.9 Å². The summed E-state index contributed by atoms with van der Waals surface area (Å²) in [5.41, 5.74) is 5.92. The van der Waals surface area contributed by atoms with E-state index in [4.69, 9.17) is 15.2 Å². The average Bonchev–Trinajstić information content (AvgIpc) is 2.96. The van der Waals surface area contributed by atoms with Crippen LogP contribution in [0.1, 0.15) is 32.5 Å². The van der Waals surface area contributed by atoms with Gasteiger partial charge < -0.3 is 20.5 Å². The first kappa shape index (κ1) is 19.2. The molecule has 0 atom stereocenters. The van der Waals surface area contributed by atoms with Crippen molar-refractivity contribution in [2.24, 2.45) is 0 Å². The van der Waals surface area contributed by atoms with Crippen LogP contribution in [0.25, 0.3) is 0 Å². The van der Waals surface area contributed by atoms with Gasteiger partial charge in [-0.1, -0.05) is 12.1 Å². The largest absolute Gasteiger partial charge is 0.482 e. The summed E-state index contributed by atoms with van der Waals surface area (Å²) >= 11 is 0.925. The van der Waals surface area contributed by atoms with Crippen molar-refractivity contribution in [2.45, 2.75) is 13.5 Å². The number of nitrogens with two attached hydrogens (primary N) is 1. The lowest BCUT2D eigenvalue weighted by atomic mass is 10.1. The normalized spacial score (nSPS) is 10.2. The molecule has 1 amide bonds. The number of ether oxygens (including phenoxy) is 2. The number of esters is 1. The number of nitrogens with one attached hydrogen (secondary N) is 1. The number of hydrogen-bond acceptors (Lipinski definition) is 8. The molecule has 0 aliphatic heterocycles. The van der Waals surface area contributed by atoms with E-state index in [9.17, 15) is 19.7 Å². The molecule has 2 rings (SSSR count). The van der Waals surface area contributed by atoms with Crippen LogP contribution in [0, 0.1) is 10.1 Å². The molecule has 0 bridgehead atoms. The molecule has 9 nitrogen and oxygen atoms in total. The van der Waals surface area contributed by atoms with Gasteiger partial charge in [0.15, 0.2) is 5.75 Å². The number of benzene rings is 1. The molecule has 0 spiro atoms. The lowest BCUT2D eigenvalue weighted by Crippen LogP contribution is -2.19. The summed E-state index contributed by atoms with van der Waals surface area (Å²) in [5.74, 6) is -1.11. The lowest BCUT2D eigenvalue weighted by Gasteiger charge is -2.10. The number of carbonyl (C=O) groups excluding carboxylic acids is 2. The maximum atomic E-state index is 12.2. The average molecular weight is 379 g/mol. The van der Waals surface area contributed by atoms with E-state index in [1.54, 1.807) is 13.0 Å². The van der Waals surface area contributed by atoms with Gasteiger partial charge in [0, 0.05) is 18.7 Å². The standard InChI is InChI=1S/C16H17N3O6S/c1-3-24-16(21)12-9(13(15(20)18-2)26-14(12)17)8-25-11-7-5-4-6-10(11)19(22)23/h4-7H,3,8,17H2,1-2H3,(H,18,20). The number of nitro benzene ring substituents is 1. The molecule has 1 aromatic heterocycles. The van der Waals surface area contributed by atoms with Crippen molar-refractivity contribution in [3.63, 3.8) is 0 Å². The molecule has 0 unspecified atom stereocenters. The monoisotopic (exact) mass is 379 g/mol. The number of nitrogen functional groups attached to an aromatic ring is 1. The number of carbonyl (C=O) groups is 2. The zero-order chi connectivity index (χ0) is 19.3. The molecular formula is C16H17N3O6S. The van der Waals surface area contributed by atoms with Crippen LogP contribution < -0.4 is 15.8 Å². The SMILES string of the molecule is CCOC(=O)c1c(N)sc(C(=O)NC)c1COc1ccccc1[N+](=O)[O-]. The fraction of sp³-hybridized carbons (Fsp3) is 0.250. The Kier molecular flexibility index (Phi) is 6.12. The Balaban J connectivity index is 2.42. The number of thiophene rings is 1. The van der Waals surface area contributed by atoms with E-state index in [1.807, 2.05) is 0 Å². The number of nitro groups is 1. The highest BCUT2D eigenvalue weighted by molar-refractivity contribution is 7.18. The third-order valence-electron chi connectivity index (χ3n) is 3.38. The first-order valence-corrected chi connectivity index (χ1v) is 8.38. The summed E-state index contributed by atoms with van der Waals surface area (Å²) < 4.78 is 10.5. The molecule has 1 heterocycles. The van der Waals surface area contributed by atoms with Crippen LogP contribution in [0.5, 0.6) is 5.75 Å². The van der Waals surface area contributed by atoms with Crippen molar-refractivity contribution in [1.29, 1.82) is 0 Å². The van der Waals surface area contributed by atoms with Gasteiger partial charge in [-0.3, -0.25) is 14.9 Å². The predicted molar refractivity (Wildman–Crippen MR) is 95.5 cm³/mol. The van der Waals surface area contributed by atoms with Gasteiger partial charge in [-0.2, -0.15) is 0 Å². The van der Waals surface area contributed by atoms with Crippen molar-refractivity contribution in [1.82, 2.24) is 5.32 Å². The van der Waals surface area contributed by atoms with Gasteiger partial charge in [-0.05, 0) is 13.0 Å². The molecule has 138 valence electrons. The molecule has 0 fully saturated rings. The van der Waals surface area contributed by atoms with Crippen LogP contribution >= 0.6 is 11.3 Å². The molecule has 26 heavy (non-hydrogen) atoms. The Morgan fingerprint density at radius 2 is 2.04 bits per heavy atom. The van der Waals surface area contributed by atoms with Gasteiger partial charge in [-0.15, -0.1) is 11.3 Å². The Morgan fingerprint density at radius 1 is 1.35 bits per heavy atom. The van der Waals surface area contributed by atoms with Gasteiger partial charge >= 0.3 is 11.7 Å².